The average Bonchev–Trinajstić information content (AvgIpc) is 2.66. The first kappa shape index (κ1) is 18.7. The average molecular weight is 384 g/mol. The van der Waals surface area contributed by atoms with Gasteiger partial charge >= 0.3 is 5.97 Å². The number of carbonyl (C=O) groups excluding carboxylic acids is 2. The van der Waals surface area contributed by atoms with Crippen LogP contribution in [0.25, 0.3) is 10.8 Å². The molecule has 138 valence electrons. The molecule has 0 saturated heterocycles. The van der Waals surface area contributed by atoms with E-state index in [2.05, 4.69) is 5.32 Å². The summed E-state index contributed by atoms with van der Waals surface area (Å²) in [6.07, 6.45) is 0. The van der Waals surface area contributed by atoms with Crippen molar-refractivity contribution in [2.45, 2.75) is 13.0 Å². The van der Waals surface area contributed by atoms with Gasteiger partial charge in [-0.3, -0.25) is 4.79 Å². The third-order valence-electron chi connectivity index (χ3n) is 4.18. The van der Waals surface area contributed by atoms with E-state index in [1.807, 2.05) is 18.2 Å². The summed E-state index contributed by atoms with van der Waals surface area (Å²) in [6.45, 7) is 1.36. The minimum absolute atomic E-state index is 0.0180. The van der Waals surface area contributed by atoms with Crippen LogP contribution in [0.2, 0.25) is 5.02 Å². The minimum atomic E-state index is -0.760. The summed E-state index contributed by atoms with van der Waals surface area (Å²) in [7, 11) is 0. The van der Waals surface area contributed by atoms with Gasteiger partial charge in [0.2, 0.25) is 0 Å². The maximum Gasteiger partial charge on any atom is 0.342 e. The van der Waals surface area contributed by atoms with Crippen molar-refractivity contribution in [1.82, 2.24) is 5.32 Å². The summed E-state index contributed by atoms with van der Waals surface area (Å²) in [5.41, 5.74) is 0.860. The number of nitrogens with one attached hydrogen (secondary N) is 1. The first-order valence-electron chi connectivity index (χ1n) is 8.38. The number of phenols is 1. The van der Waals surface area contributed by atoms with E-state index in [4.69, 9.17) is 16.3 Å². The molecule has 6 heteroatoms. The van der Waals surface area contributed by atoms with Crippen LogP contribution in [0.1, 0.15) is 28.9 Å². The Morgan fingerprint density at radius 1 is 1.11 bits per heavy atom. The number of halogens is 1. The van der Waals surface area contributed by atoms with E-state index in [-0.39, 0.29) is 17.4 Å². The number of ether oxygens (including phenoxy) is 1. The SMILES string of the molecule is C[C@H](NC(=O)COC(=O)c1ccc2ccccc2c1O)c1cccc(Cl)c1. The van der Waals surface area contributed by atoms with Gasteiger partial charge in [-0.15, -0.1) is 0 Å². The second kappa shape index (κ2) is 8.10. The predicted molar refractivity (Wildman–Crippen MR) is 104 cm³/mol. The molecule has 27 heavy (non-hydrogen) atoms. The fourth-order valence-electron chi connectivity index (χ4n) is 2.77. The third-order valence-corrected chi connectivity index (χ3v) is 4.42. The van der Waals surface area contributed by atoms with E-state index in [9.17, 15) is 14.7 Å². The molecular weight excluding hydrogens is 366 g/mol. The van der Waals surface area contributed by atoms with Crippen LogP contribution < -0.4 is 5.32 Å². The molecule has 0 fully saturated rings. The zero-order chi connectivity index (χ0) is 19.4. The Balaban J connectivity index is 1.62. The molecule has 2 N–H and O–H groups in total. The van der Waals surface area contributed by atoms with Crippen molar-refractivity contribution in [2.75, 3.05) is 6.61 Å². The summed E-state index contributed by atoms with van der Waals surface area (Å²) >= 11 is 5.95. The van der Waals surface area contributed by atoms with Crippen molar-refractivity contribution in [3.8, 4) is 5.75 Å². The molecule has 3 rings (SSSR count). The van der Waals surface area contributed by atoms with Crippen LogP contribution in [0.4, 0.5) is 0 Å². The third kappa shape index (κ3) is 4.38. The summed E-state index contributed by atoms with van der Waals surface area (Å²) in [5.74, 6) is -1.37. The van der Waals surface area contributed by atoms with E-state index >= 15 is 0 Å². The maximum atomic E-state index is 12.2. The van der Waals surface area contributed by atoms with Crippen LogP contribution in [0.5, 0.6) is 5.75 Å². The lowest BCUT2D eigenvalue weighted by molar-refractivity contribution is -0.124. The van der Waals surface area contributed by atoms with Gasteiger partial charge in [-0.05, 0) is 36.1 Å². The normalized spacial score (nSPS) is 11.8. The van der Waals surface area contributed by atoms with E-state index in [0.29, 0.717) is 10.4 Å². The Labute approximate surface area is 161 Å². The Morgan fingerprint density at radius 2 is 1.89 bits per heavy atom. The topological polar surface area (TPSA) is 75.6 Å². The number of aromatic hydroxyl groups is 1. The van der Waals surface area contributed by atoms with Gasteiger partial charge in [0.05, 0.1) is 6.04 Å². The van der Waals surface area contributed by atoms with Crippen molar-refractivity contribution in [2.24, 2.45) is 0 Å². The highest BCUT2D eigenvalue weighted by atomic mass is 35.5. The molecule has 0 aliphatic carbocycles. The van der Waals surface area contributed by atoms with Crippen molar-refractivity contribution in [3.63, 3.8) is 0 Å². The number of hydrogen-bond donors (Lipinski definition) is 2. The first-order chi connectivity index (χ1) is 13.0. The van der Waals surface area contributed by atoms with E-state index in [1.165, 1.54) is 6.07 Å². The predicted octanol–water partition coefficient (Wildman–Crippen LogP) is 4.23. The van der Waals surface area contributed by atoms with Crippen LogP contribution in [0.3, 0.4) is 0 Å². The quantitative estimate of drug-likeness (QED) is 0.646. The second-order valence-corrected chi connectivity index (χ2v) is 6.54. The fourth-order valence-corrected chi connectivity index (χ4v) is 2.97. The molecule has 0 spiro atoms. The number of hydrogen-bond acceptors (Lipinski definition) is 4. The van der Waals surface area contributed by atoms with Crippen molar-refractivity contribution in [3.05, 3.63) is 76.8 Å². The number of esters is 1. The molecular formula is C21H18ClNO4. The molecule has 0 radical (unpaired) electrons. The number of phenolic OH excluding ortho intramolecular Hbond substituents is 1. The highest BCUT2D eigenvalue weighted by Gasteiger charge is 2.17. The van der Waals surface area contributed by atoms with E-state index < -0.39 is 18.5 Å². The highest BCUT2D eigenvalue weighted by Crippen LogP contribution is 2.29. The molecule has 0 aromatic heterocycles. The zero-order valence-electron chi connectivity index (χ0n) is 14.6. The lowest BCUT2D eigenvalue weighted by Gasteiger charge is -2.15. The Bertz CT molecular complexity index is 1000. The lowest BCUT2D eigenvalue weighted by atomic mass is 10.1. The summed E-state index contributed by atoms with van der Waals surface area (Å²) in [4.78, 5) is 24.3. The van der Waals surface area contributed by atoms with Gasteiger partial charge in [0.25, 0.3) is 5.91 Å². The molecule has 1 amide bonds. The minimum Gasteiger partial charge on any atom is -0.506 e. The van der Waals surface area contributed by atoms with Gasteiger partial charge in [0.15, 0.2) is 6.61 Å². The van der Waals surface area contributed by atoms with Gasteiger partial charge in [-0.25, -0.2) is 4.79 Å². The molecule has 1 atom stereocenters. The molecule has 0 saturated carbocycles. The monoisotopic (exact) mass is 383 g/mol. The zero-order valence-corrected chi connectivity index (χ0v) is 15.4. The summed E-state index contributed by atoms with van der Waals surface area (Å²) in [6, 6.07) is 17.2. The van der Waals surface area contributed by atoms with Crippen molar-refractivity contribution >= 4 is 34.2 Å². The van der Waals surface area contributed by atoms with Crippen LogP contribution in [0.15, 0.2) is 60.7 Å². The largest absolute Gasteiger partial charge is 0.506 e. The molecule has 0 bridgehead atoms. The summed E-state index contributed by atoms with van der Waals surface area (Å²) < 4.78 is 5.04. The van der Waals surface area contributed by atoms with Crippen molar-refractivity contribution < 1.29 is 19.4 Å². The Morgan fingerprint density at radius 3 is 2.67 bits per heavy atom. The molecule has 5 nitrogen and oxygen atoms in total. The molecule has 3 aromatic rings. The lowest BCUT2D eigenvalue weighted by Crippen LogP contribution is -2.31. The number of benzene rings is 3. The first-order valence-corrected chi connectivity index (χ1v) is 8.76. The number of fused-ring (bicyclic) bond motifs is 1. The number of rotatable bonds is 5. The number of amides is 1. The van der Waals surface area contributed by atoms with Crippen LogP contribution >= 0.6 is 11.6 Å². The van der Waals surface area contributed by atoms with Crippen LogP contribution in [0, 0.1) is 0 Å². The van der Waals surface area contributed by atoms with Gasteiger partial charge < -0.3 is 15.2 Å². The van der Waals surface area contributed by atoms with Crippen molar-refractivity contribution in [1.29, 1.82) is 0 Å². The maximum absolute atomic E-state index is 12.2. The van der Waals surface area contributed by atoms with Crippen LogP contribution in [-0.4, -0.2) is 23.6 Å². The molecule has 0 heterocycles. The van der Waals surface area contributed by atoms with Crippen LogP contribution in [-0.2, 0) is 9.53 Å². The standard InChI is InChI=1S/C21H18ClNO4/c1-13(15-6-4-7-16(22)11-15)23-19(24)12-27-21(26)18-10-9-14-5-2-3-8-17(14)20(18)25/h2-11,13,25H,12H2,1H3,(H,23,24)/t13-/m0/s1. The highest BCUT2D eigenvalue weighted by molar-refractivity contribution is 6.30. The number of carbonyl (C=O) groups is 2. The fraction of sp³-hybridized carbons (Fsp3) is 0.143. The van der Waals surface area contributed by atoms with Gasteiger partial charge in [-0.2, -0.15) is 0 Å². The van der Waals surface area contributed by atoms with Gasteiger partial charge in [-0.1, -0.05) is 54.1 Å². The Hall–Kier alpha value is -3.05. The van der Waals surface area contributed by atoms with Gasteiger partial charge in [0, 0.05) is 10.4 Å². The molecule has 0 aliphatic rings. The Kier molecular flexibility index (Phi) is 5.62. The smallest absolute Gasteiger partial charge is 0.342 e. The summed E-state index contributed by atoms with van der Waals surface area (Å²) in [5, 5.41) is 15.0. The van der Waals surface area contributed by atoms with E-state index in [1.54, 1.807) is 43.3 Å². The molecule has 0 unspecified atom stereocenters. The molecule has 3 aromatic carbocycles. The van der Waals surface area contributed by atoms with E-state index in [0.717, 1.165) is 10.9 Å². The second-order valence-electron chi connectivity index (χ2n) is 6.10. The molecule has 0 aliphatic heterocycles. The van der Waals surface area contributed by atoms with Gasteiger partial charge in [0.1, 0.15) is 11.3 Å².